The third-order valence-corrected chi connectivity index (χ3v) is 4.21. The SMILES string of the molecule is COCCNc1nnc(SC(C)c2nnc(C)o2)s1. The van der Waals surface area contributed by atoms with E-state index in [-0.39, 0.29) is 5.25 Å². The molecule has 0 saturated heterocycles. The summed E-state index contributed by atoms with van der Waals surface area (Å²) in [6, 6.07) is 0. The maximum Gasteiger partial charge on any atom is 0.229 e. The van der Waals surface area contributed by atoms with Crippen molar-refractivity contribution in [2.45, 2.75) is 23.4 Å². The van der Waals surface area contributed by atoms with Gasteiger partial charge in [0.15, 0.2) is 4.34 Å². The summed E-state index contributed by atoms with van der Waals surface area (Å²) in [6.07, 6.45) is 0. The van der Waals surface area contributed by atoms with E-state index >= 15 is 0 Å². The number of nitrogens with zero attached hydrogens (tertiary/aromatic N) is 4. The average Bonchev–Trinajstić information content (AvgIpc) is 2.99. The van der Waals surface area contributed by atoms with E-state index in [1.807, 2.05) is 6.92 Å². The van der Waals surface area contributed by atoms with Gasteiger partial charge in [0.1, 0.15) is 0 Å². The molecule has 2 aromatic heterocycles. The molecule has 19 heavy (non-hydrogen) atoms. The number of aryl methyl sites for hydroxylation is 1. The van der Waals surface area contributed by atoms with E-state index in [0.29, 0.717) is 24.9 Å². The van der Waals surface area contributed by atoms with Crippen molar-refractivity contribution in [2.24, 2.45) is 0 Å². The number of anilines is 1. The fraction of sp³-hybridized carbons (Fsp3) is 0.600. The van der Waals surface area contributed by atoms with E-state index in [0.717, 1.165) is 9.47 Å². The second-order valence-corrected chi connectivity index (χ2v) is 6.28. The van der Waals surface area contributed by atoms with E-state index in [2.05, 4.69) is 25.7 Å². The lowest BCUT2D eigenvalue weighted by Gasteiger charge is -2.01. The lowest BCUT2D eigenvalue weighted by Crippen LogP contribution is -2.06. The van der Waals surface area contributed by atoms with E-state index in [1.165, 1.54) is 11.3 Å². The van der Waals surface area contributed by atoms with Gasteiger partial charge >= 0.3 is 0 Å². The molecule has 0 fully saturated rings. The van der Waals surface area contributed by atoms with Crippen molar-refractivity contribution in [2.75, 3.05) is 25.6 Å². The minimum atomic E-state index is 0.0565. The zero-order valence-electron chi connectivity index (χ0n) is 10.9. The molecular formula is C10H15N5O2S2. The van der Waals surface area contributed by atoms with Crippen molar-refractivity contribution < 1.29 is 9.15 Å². The molecule has 0 bridgehead atoms. The van der Waals surface area contributed by atoms with Crippen molar-refractivity contribution in [1.82, 2.24) is 20.4 Å². The van der Waals surface area contributed by atoms with Crippen LogP contribution in [0.5, 0.6) is 0 Å². The first-order valence-electron chi connectivity index (χ1n) is 5.72. The third kappa shape index (κ3) is 4.15. The molecule has 0 spiro atoms. The zero-order chi connectivity index (χ0) is 13.7. The Bertz CT molecular complexity index is 515. The summed E-state index contributed by atoms with van der Waals surface area (Å²) in [7, 11) is 1.66. The van der Waals surface area contributed by atoms with Gasteiger partial charge in [0.25, 0.3) is 0 Å². The van der Waals surface area contributed by atoms with Crippen LogP contribution in [0.4, 0.5) is 5.13 Å². The number of ether oxygens (including phenoxy) is 1. The highest BCUT2D eigenvalue weighted by Gasteiger charge is 2.16. The first-order chi connectivity index (χ1) is 9.19. The maximum absolute atomic E-state index is 5.38. The Morgan fingerprint density at radius 3 is 2.89 bits per heavy atom. The van der Waals surface area contributed by atoms with Crippen LogP contribution in [0.2, 0.25) is 0 Å². The molecule has 0 aliphatic heterocycles. The second-order valence-electron chi connectivity index (χ2n) is 3.71. The van der Waals surface area contributed by atoms with Gasteiger partial charge in [-0.1, -0.05) is 23.1 Å². The molecule has 0 amide bonds. The predicted octanol–water partition coefficient (Wildman–Crippen LogP) is 2.14. The number of rotatable bonds is 7. The number of hydrogen-bond donors (Lipinski definition) is 1. The highest BCUT2D eigenvalue weighted by Crippen LogP contribution is 2.36. The Hall–Kier alpha value is -1.19. The lowest BCUT2D eigenvalue weighted by molar-refractivity contribution is 0.211. The largest absolute Gasteiger partial charge is 0.424 e. The van der Waals surface area contributed by atoms with Crippen LogP contribution in [0.3, 0.4) is 0 Å². The number of hydrogen-bond acceptors (Lipinski definition) is 9. The quantitative estimate of drug-likeness (QED) is 0.615. The van der Waals surface area contributed by atoms with Crippen LogP contribution in [0, 0.1) is 6.92 Å². The summed E-state index contributed by atoms with van der Waals surface area (Å²) >= 11 is 3.04. The first-order valence-corrected chi connectivity index (χ1v) is 7.41. The molecule has 0 aromatic carbocycles. The van der Waals surface area contributed by atoms with E-state index in [4.69, 9.17) is 9.15 Å². The van der Waals surface area contributed by atoms with Crippen molar-refractivity contribution in [3.63, 3.8) is 0 Å². The fourth-order valence-corrected chi connectivity index (χ4v) is 3.22. The van der Waals surface area contributed by atoms with E-state index < -0.39 is 0 Å². The van der Waals surface area contributed by atoms with Crippen molar-refractivity contribution >= 4 is 28.2 Å². The topological polar surface area (TPSA) is 86.0 Å². The Kier molecular flexibility index (Phi) is 5.11. The average molecular weight is 301 g/mol. The Labute approximate surface area is 119 Å². The van der Waals surface area contributed by atoms with Gasteiger partial charge in [0, 0.05) is 20.6 Å². The summed E-state index contributed by atoms with van der Waals surface area (Å²) in [5, 5.41) is 20.0. The molecule has 2 heterocycles. The van der Waals surface area contributed by atoms with Gasteiger partial charge in [-0.15, -0.1) is 20.4 Å². The highest BCUT2D eigenvalue weighted by molar-refractivity contribution is 8.01. The summed E-state index contributed by atoms with van der Waals surface area (Å²) in [5.74, 6) is 1.17. The van der Waals surface area contributed by atoms with Gasteiger partial charge in [-0.05, 0) is 6.92 Å². The molecule has 0 aliphatic carbocycles. The molecule has 9 heteroatoms. The Balaban J connectivity index is 1.88. The molecule has 104 valence electrons. The summed E-state index contributed by atoms with van der Waals surface area (Å²) in [5.41, 5.74) is 0. The highest BCUT2D eigenvalue weighted by atomic mass is 32.2. The third-order valence-electron chi connectivity index (χ3n) is 2.16. The van der Waals surface area contributed by atoms with Crippen LogP contribution in [0.15, 0.2) is 8.76 Å². The summed E-state index contributed by atoms with van der Waals surface area (Å²) < 4.78 is 11.2. The Morgan fingerprint density at radius 1 is 1.37 bits per heavy atom. The van der Waals surface area contributed by atoms with E-state index in [1.54, 1.807) is 25.8 Å². The van der Waals surface area contributed by atoms with Crippen LogP contribution in [-0.2, 0) is 4.74 Å². The van der Waals surface area contributed by atoms with Gasteiger partial charge < -0.3 is 14.5 Å². The van der Waals surface area contributed by atoms with Gasteiger partial charge in [0.2, 0.25) is 16.9 Å². The van der Waals surface area contributed by atoms with Crippen molar-refractivity contribution in [3.05, 3.63) is 11.8 Å². The maximum atomic E-state index is 5.38. The number of aromatic nitrogens is 4. The molecule has 1 N–H and O–H groups in total. The van der Waals surface area contributed by atoms with Gasteiger partial charge in [-0.2, -0.15) is 0 Å². The molecule has 2 aromatic rings. The minimum Gasteiger partial charge on any atom is -0.424 e. The van der Waals surface area contributed by atoms with Crippen LogP contribution < -0.4 is 5.32 Å². The van der Waals surface area contributed by atoms with Gasteiger partial charge in [-0.3, -0.25) is 0 Å². The molecule has 7 nitrogen and oxygen atoms in total. The van der Waals surface area contributed by atoms with Crippen LogP contribution >= 0.6 is 23.1 Å². The van der Waals surface area contributed by atoms with Gasteiger partial charge in [0.05, 0.1) is 11.9 Å². The predicted molar refractivity (Wildman–Crippen MR) is 73.6 cm³/mol. The standard InChI is InChI=1S/C10H15N5O2S2/c1-6(8-13-12-7(2)17-8)18-10-15-14-9(19-10)11-4-5-16-3/h6H,4-5H2,1-3H3,(H,11,14). The Morgan fingerprint density at radius 2 is 2.21 bits per heavy atom. The van der Waals surface area contributed by atoms with Crippen LogP contribution in [0.25, 0.3) is 0 Å². The first kappa shape index (κ1) is 14.2. The van der Waals surface area contributed by atoms with E-state index in [9.17, 15) is 0 Å². The molecule has 0 saturated carbocycles. The van der Waals surface area contributed by atoms with Crippen molar-refractivity contribution in [3.8, 4) is 0 Å². The molecule has 1 unspecified atom stereocenters. The smallest absolute Gasteiger partial charge is 0.229 e. The van der Waals surface area contributed by atoms with Gasteiger partial charge in [-0.25, -0.2) is 0 Å². The van der Waals surface area contributed by atoms with Crippen LogP contribution in [-0.4, -0.2) is 40.7 Å². The fourth-order valence-electron chi connectivity index (χ4n) is 1.27. The molecule has 1 atom stereocenters. The molecular weight excluding hydrogens is 286 g/mol. The molecule has 0 aliphatic rings. The lowest BCUT2D eigenvalue weighted by atomic mass is 10.5. The number of nitrogens with one attached hydrogen (secondary N) is 1. The second kappa shape index (κ2) is 6.83. The zero-order valence-corrected chi connectivity index (χ0v) is 12.5. The number of thioether (sulfide) groups is 1. The monoisotopic (exact) mass is 301 g/mol. The van der Waals surface area contributed by atoms with Crippen LogP contribution in [0.1, 0.15) is 24.0 Å². The normalized spacial score (nSPS) is 12.6. The van der Waals surface area contributed by atoms with Crippen molar-refractivity contribution in [1.29, 1.82) is 0 Å². The number of methoxy groups -OCH3 is 1. The minimum absolute atomic E-state index is 0.0565. The molecule has 0 radical (unpaired) electrons. The molecule has 2 rings (SSSR count). The summed E-state index contributed by atoms with van der Waals surface area (Å²) in [6.45, 7) is 5.13. The summed E-state index contributed by atoms with van der Waals surface area (Å²) in [4.78, 5) is 0.